The topological polar surface area (TPSA) is 8.82 Å². The molecule has 0 saturated carbocycles. The van der Waals surface area contributed by atoms with Gasteiger partial charge >= 0.3 is 0 Å². The SMILES string of the molecule is CC1=CCc2c(n3c4ccccc4c4c(-c5ccc6c(c5)C(C)(C)c5ccccc5-6)c5cc6c7ccccc7n7c8ccc(C)cc8c(c5c2c43)c67)CC1. The van der Waals surface area contributed by atoms with Crippen molar-refractivity contribution in [3.63, 3.8) is 0 Å². The maximum absolute atomic E-state index is 2.69. The largest absolute Gasteiger partial charge is 0.312 e. The van der Waals surface area contributed by atoms with Gasteiger partial charge in [-0.05, 0) is 114 Å². The number of rotatable bonds is 1. The van der Waals surface area contributed by atoms with E-state index in [-0.39, 0.29) is 5.41 Å². The van der Waals surface area contributed by atoms with E-state index in [1.54, 1.807) is 0 Å². The summed E-state index contributed by atoms with van der Waals surface area (Å²) in [7, 11) is 0. The highest BCUT2D eigenvalue weighted by molar-refractivity contribution is 6.41. The van der Waals surface area contributed by atoms with Gasteiger partial charge in [-0.1, -0.05) is 110 Å². The molecule has 0 N–H and O–H groups in total. The Bertz CT molecular complexity index is 3510. The van der Waals surface area contributed by atoms with E-state index in [1.165, 1.54) is 132 Å². The van der Waals surface area contributed by atoms with Crippen molar-refractivity contribution in [2.45, 2.75) is 52.4 Å². The third-order valence-electron chi connectivity index (χ3n) is 13.7. The van der Waals surface area contributed by atoms with Gasteiger partial charge in [-0.2, -0.15) is 0 Å². The molecule has 11 aromatic rings. The Balaban J connectivity index is 1.33. The van der Waals surface area contributed by atoms with Gasteiger partial charge in [0, 0.05) is 54.2 Å². The first-order valence-electron chi connectivity index (χ1n) is 19.6. The van der Waals surface area contributed by atoms with E-state index in [4.69, 9.17) is 0 Å². The molecule has 4 aromatic heterocycles. The summed E-state index contributed by atoms with van der Waals surface area (Å²) in [6, 6.07) is 44.4. The molecular weight excluding hydrogens is 653 g/mol. The van der Waals surface area contributed by atoms with Crippen LogP contribution in [0.2, 0.25) is 0 Å². The van der Waals surface area contributed by atoms with E-state index in [9.17, 15) is 0 Å². The summed E-state index contributed by atoms with van der Waals surface area (Å²) in [6.45, 7) is 9.39. The lowest BCUT2D eigenvalue weighted by atomic mass is 9.80. The smallest absolute Gasteiger partial charge is 0.0627 e. The number of benzene rings is 7. The zero-order valence-electron chi connectivity index (χ0n) is 31.1. The average molecular weight is 691 g/mol. The monoisotopic (exact) mass is 690 g/mol. The summed E-state index contributed by atoms with van der Waals surface area (Å²) in [4.78, 5) is 0. The summed E-state index contributed by atoms with van der Waals surface area (Å²) in [5, 5.41) is 12.4. The molecule has 0 amide bonds. The number of aromatic nitrogens is 2. The number of nitrogens with zero attached hydrogens (tertiary/aromatic N) is 2. The predicted octanol–water partition coefficient (Wildman–Crippen LogP) is 13.7. The van der Waals surface area contributed by atoms with Crippen LogP contribution in [0, 0.1) is 6.92 Å². The Hall–Kier alpha value is -6.12. The number of hydrogen-bond acceptors (Lipinski definition) is 0. The molecule has 2 nitrogen and oxygen atoms in total. The molecule has 0 fully saturated rings. The molecule has 7 aromatic carbocycles. The maximum atomic E-state index is 2.69. The third-order valence-corrected chi connectivity index (χ3v) is 13.7. The molecule has 2 heteroatoms. The van der Waals surface area contributed by atoms with Crippen LogP contribution in [-0.2, 0) is 18.3 Å². The Morgan fingerprint density at radius 1 is 0.519 bits per heavy atom. The number of allylic oxidation sites excluding steroid dienone is 2. The molecule has 13 rings (SSSR count). The van der Waals surface area contributed by atoms with Crippen LogP contribution in [-0.4, -0.2) is 8.80 Å². The average Bonchev–Trinajstić information content (AvgIpc) is 3.92. The fourth-order valence-corrected chi connectivity index (χ4v) is 11.3. The summed E-state index contributed by atoms with van der Waals surface area (Å²) in [5.41, 5.74) is 20.6. The van der Waals surface area contributed by atoms with Gasteiger partial charge in [0.05, 0.1) is 27.6 Å². The zero-order chi connectivity index (χ0) is 35.8. The van der Waals surface area contributed by atoms with Gasteiger partial charge in [-0.25, -0.2) is 0 Å². The van der Waals surface area contributed by atoms with Crippen LogP contribution in [0.25, 0.3) is 98.3 Å². The highest BCUT2D eigenvalue weighted by atomic mass is 14.9. The van der Waals surface area contributed by atoms with E-state index < -0.39 is 0 Å². The van der Waals surface area contributed by atoms with Crippen LogP contribution < -0.4 is 0 Å². The molecule has 2 aliphatic rings. The van der Waals surface area contributed by atoms with Gasteiger partial charge in [0.15, 0.2) is 0 Å². The van der Waals surface area contributed by atoms with Crippen LogP contribution in [0.3, 0.4) is 0 Å². The van der Waals surface area contributed by atoms with Crippen LogP contribution in [0.5, 0.6) is 0 Å². The Kier molecular flexibility index (Phi) is 5.27. The van der Waals surface area contributed by atoms with Crippen molar-refractivity contribution < 1.29 is 0 Å². The van der Waals surface area contributed by atoms with Crippen molar-refractivity contribution in [1.29, 1.82) is 0 Å². The molecule has 0 radical (unpaired) electrons. The Labute approximate surface area is 313 Å². The number of fused-ring (bicyclic) bond motifs is 18. The Morgan fingerprint density at radius 2 is 1.26 bits per heavy atom. The number of aryl methyl sites for hydroxylation is 2. The number of hydrogen-bond donors (Lipinski definition) is 0. The van der Waals surface area contributed by atoms with Crippen molar-refractivity contribution in [3.05, 3.63) is 155 Å². The summed E-state index contributed by atoms with van der Waals surface area (Å²) in [5.74, 6) is 0. The van der Waals surface area contributed by atoms with Gasteiger partial charge in [-0.15, -0.1) is 0 Å². The highest BCUT2D eigenvalue weighted by Gasteiger charge is 2.36. The lowest BCUT2D eigenvalue weighted by Crippen LogP contribution is -2.14. The fraction of sp³-hybridized carbons (Fsp3) is 0.154. The van der Waals surface area contributed by atoms with Crippen LogP contribution >= 0.6 is 0 Å². The molecule has 0 spiro atoms. The van der Waals surface area contributed by atoms with E-state index >= 15 is 0 Å². The second-order valence-electron chi connectivity index (χ2n) is 16.9. The third kappa shape index (κ3) is 3.32. The molecule has 2 aliphatic carbocycles. The van der Waals surface area contributed by atoms with Crippen molar-refractivity contribution in [1.82, 2.24) is 8.80 Å². The number of para-hydroxylation sites is 2. The van der Waals surface area contributed by atoms with Gasteiger partial charge in [0.1, 0.15) is 0 Å². The maximum Gasteiger partial charge on any atom is 0.0627 e. The quantitative estimate of drug-likeness (QED) is 0.152. The molecule has 0 bridgehead atoms. The summed E-state index contributed by atoms with van der Waals surface area (Å²) < 4.78 is 5.26. The first-order valence-corrected chi connectivity index (χ1v) is 19.6. The lowest BCUT2D eigenvalue weighted by molar-refractivity contribution is 0.660. The van der Waals surface area contributed by atoms with Crippen LogP contribution in [0.15, 0.2) is 127 Å². The molecule has 54 heavy (non-hydrogen) atoms. The van der Waals surface area contributed by atoms with Crippen molar-refractivity contribution in [2.75, 3.05) is 0 Å². The van der Waals surface area contributed by atoms with E-state index in [1.807, 2.05) is 0 Å². The van der Waals surface area contributed by atoms with Crippen LogP contribution in [0.4, 0.5) is 0 Å². The molecule has 0 aliphatic heterocycles. The second kappa shape index (κ2) is 9.70. The predicted molar refractivity (Wildman–Crippen MR) is 229 cm³/mol. The minimum Gasteiger partial charge on any atom is -0.312 e. The Morgan fingerprint density at radius 3 is 2.13 bits per heavy atom. The van der Waals surface area contributed by atoms with Gasteiger partial charge in [0.2, 0.25) is 0 Å². The minimum atomic E-state index is -0.0902. The van der Waals surface area contributed by atoms with Gasteiger partial charge < -0.3 is 8.80 Å². The summed E-state index contributed by atoms with van der Waals surface area (Å²) >= 11 is 0. The van der Waals surface area contributed by atoms with Crippen molar-refractivity contribution >= 4 is 76.1 Å². The highest BCUT2D eigenvalue weighted by Crippen LogP contribution is 2.55. The van der Waals surface area contributed by atoms with Gasteiger partial charge in [0.25, 0.3) is 0 Å². The second-order valence-corrected chi connectivity index (χ2v) is 16.9. The lowest BCUT2D eigenvalue weighted by Gasteiger charge is -2.22. The molecule has 0 atom stereocenters. The molecular formula is C52H38N2. The summed E-state index contributed by atoms with van der Waals surface area (Å²) in [6.07, 6.45) is 5.62. The zero-order valence-corrected chi connectivity index (χ0v) is 31.1. The molecule has 0 unspecified atom stereocenters. The van der Waals surface area contributed by atoms with Gasteiger partial charge in [-0.3, -0.25) is 0 Å². The van der Waals surface area contributed by atoms with E-state index in [0.717, 1.165) is 19.3 Å². The molecule has 256 valence electrons. The van der Waals surface area contributed by atoms with E-state index in [2.05, 4.69) is 158 Å². The van der Waals surface area contributed by atoms with E-state index in [0.29, 0.717) is 0 Å². The first-order chi connectivity index (χ1) is 26.4. The minimum absolute atomic E-state index is 0.0902. The fourth-order valence-electron chi connectivity index (χ4n) is 11.3. The van der Waals surface area contributed by atoms with Crippen molar-refractivity contribution in [3.8, 4) is 22.3 Å². The normalized spacial score (nSPS) is 15.4. The van der Waals surface area contributed by atoms with Crippen molar-refractivity contribution in [2.24, 2.45) is 0 Å². The molecule has 0 saturated heterocycles. The standard InChI is InChI=1S/C52H38N2/c1-28-17-21-35-43(23-18-28)54-42-16-10-7-13-34(42)47-45(30-20-22-32-31-11-5-8-14-39(31)52(3,4)40(32)26-30)38-27-36-33-12-6-9-15-41(33)53-44-24-19-29(2)25-37(44)49(50(36)53)46(38)48(35)51(47)54/h5-17,19-20,22,24-27H,18,21,23H2,1-4H3. The van der Waals surface area contributed by atoms with Crippen LogP contribution in [0.1, 0.15) is 55.1 Å². The first kappa shape index (κ1) is 29.3. The molecule has 4 heterocycles.